The fourth-order valence-electron chi connectivity index (χ4n) is 2.53. The third-order valence-electron chi connectivity index (χ3n) is 3.69. The lowest BCUT2D eigenvalue weighted by Crippen LogP contribution is -2.31. The molecule has 0 fully saturated rings. The largest absolute Gasteiger partial charge is 0.331 e. The quantitative estimate of drug-likeness (QED) is 0.689. The molecule has 0 radical (unpaired) electrons. The van der Waals surface area contributed by atoms with Crippen molar-refractivity contribution in [3.63, 3.8) is 0 Å². The molecule has 0 bridgehead atoms. The number of amides is 1. The number of aromatic amines is 2. The fourth-order valence-corrected chi connectivity index (χ4v) is 2.53. The highest BCUT2D eigenvalue weighted by atomic mass is 16.2. The van der Waals surface area contributed by atoms with E-state index in [0.29, 0.717) is 13.1 Å². The van der Waals surface area contributed by atoms with Crippen LogP contribution in [-0.4, -0.2) is 32.3 Å². The number of nitrogens with one attached hydrogen (secondary N) is 2. The van der Waals surface area contributed by atoms with Crippen LogP contribution in [0.25, 0.3) is 11.0 Å². The van der Waals surface area contributed by atoms with Gasteiger partial charge in [-0.05, 0) is 11.6 Å². The van der Waals surface area contributed by atoms with Crippen LogP contribution in [0.3, 0.4) is 0 Å². The molecule has 7 heteroatoms. The Bertz CT molecular complexity index is 1040. The summed E-state index contributed by atoms with van der Waals surface area (Å²) in [4.78, 5) is 46.2. The SMILES string of the molecule is C=CCN(Cc1ccccc1)C(=O)c1cnc2[nH]c(=O)[nH]c(=O)c2c1. The van der Waals surface area contributed by atoms with Crippen molar-refractivity contribution in [1.82, 2.24) is 19.9 Å². The topological polar surface area (TPSA) is 98.9 Å². The predicted octanol–water partition coefficient (Wildman–Crippen LogP) is 1.44. The molecule has 3 rings (SSSR count). The van der Waals surface area contributed by atoms with Crippen LogP contribution in [0.2, 0.25) is 0 Å². The van der Waals surface area contributed by atoms with Crippen molar-refractivity contribution in [1.29, 1.82) is 0 Å². The van der Waals surface area contributed by atoms with Crippen LogP contribution >= 0.6 is 0 Å². The number of rotatable bonds is 5. The zero-order valence-electron chi connectivity index (χ0n) is 13.4. The number of aromatic nitrogens is 3. The van der Waals surface area contributed by atoms with Crippen LogP contribution in [0.1, 0.15) is 15.9 Å². The Balaban J connectivity index is 1.96. The molecule has 0 unspecified atom stereocenters. The Hall–Kier alpha value is -3.48. The smallest absolute Gasteiger partial charge is 0.327 e. The molecule has 0 atom stereocenters. The number of benzene rings is 1. The van der Waals surface area contributed by atoms with Crippen LogP contribution in [0.15, 0.2) is 64.8 Å². The predicted molar refractivity (Wildman–Crippen MR) is 94.4 cm³/mol. The first-order valence-corrected chi connectivity index (χ1v) is 7.65. The maximum Gasteiger partial charge on any atom is 0.327 e. The van der Waals surface area contributed by atoms with E-state index in [-0.39, 0.29) is 22.5 Å². The van der Waals surface area contributed by atoms with Gasteiger partial charge < -0.3 is 4.90 Å². The molecule has 25 heavy (non-hydrogen) atoms. The number of carbonyl (C=O) groups excluding carboxylic acids is 1. The van der Waals surface area contributed by atoms with Gasteiger partial charge in [0, 0.05) is 19.3 Å². The third-order valence-corrected chi connectivity index (χ3v) is 3.69. The molecule has 2 aromatic heterocycles. The summed E-state index contributed by atoms with van der Waals surface area (Å²) in [6, 6.07) is 11.0. The summed E-state index contributed by atoms with van der Waals surface area (Å²) in [6.07, 6.45) is 2.99. The first kappa shape index (κ1) is 16.4. The van der Waals surface area contributed by atoms with Crippen molar-refractivity contribution in [2.75, 3.05) is 6.54 Å². The summed E-state index contributed by atoms with van der Waals surface area (Å²) in [5.74, 6) is -0.274. The molecular formula is C18H16N4O3. The molecule has 1 aromatic carbocycles. The van der Waals surface area contributed by atoms with Crippen molar-refractivity contribution in [3.8, 4) is 0 Å². The standard InChI is InChI=1S/C18H16N4O3/c1-2-8-22(11-12-6-4-3-5-7-12)17(24)13-9-14-15(19-10-13)20-18(25)21-16(14)23/h2-7,9-10H,1,8,11H2,(H2,19,20,21,23,25). The van der Waals surface area contributed by atoms with E-state index < -0.39 is 11.2 Å². The van der Waals surface area contributed by atoms with E-state index in [0.717, 1.165) is 5.56 Å². The molecule has 2 heterocycles. The Morgan fingerprint density at radius 2 is 1.96 bits per heavy atom. The van der Waals surface area contributed by atoms with Crippen molar-refractivity contribution >= 4 is 16.9 Å². The molecule has 0 aliphatic carbocycles. The van der Waals surface area contributed by atoms with Gasteiger partial charge in [0.2, 0.25) is 0 Å². The van der Waals surface area contributed by atoms with Crippen LogP contribution in [0, 0.1) is 0 Å². The van der Waals surface area contributed by atoms with Gasteiger partial charge in [0.05, 0.1) is 10.9 Å². The zero-order chi connectivity index (χ0) is 17.8. The highest BCUT2D eigenvalue weighted by Gasteiger charge is 2.17. The van der Waals surface area contributed by atoms with Crippen LogP contribution in [-0.2, 0) is 6.54 Å². The van der Waals surface area contributed by atoms with Gasteiger partial charge in [-0.3, -0.25) is 19.6 Å². The lowest BCUT2D eigenvalue weighted by Gasteiger charge is -2.21. The van der Waals surface area contributed by atoms with Gasteiger partial charge in [-0.1, -0.05) is 36.4 Å². The summed E-state index contributed by atoms with van der Waals surface area (Å²) < 4.78 is 0. The zero-order valence-corrected chi connectivity index (χ0v) is 13.4. The number of nitrogens with zero attached hydrogens (tertiary/aromatic N) is 2. The van der Waals surface area contributed by atoms with Gasteiger partial charge in [0.25, 0.3) is 11.5 Å². The van der Waals surface area contributed by atoms with E-state index in [4.69, 9.17) is 0 Å². The lowest BCUT2D eigenvalue weighted by molar-refractivity contribution is 0.0762. The molecule has 2 N–H and O–H groups in total. The second-order valence-electron chi connectivity index (χ2n) is 5.49. The minimum Gasteiger partial charge on any atom is -0.331 e. The van der Waals surface area contributed by atoms with E-state index in [1.807, 2.05) is 30.3 Å². The highest BCUT2D eigenvalue weighted by molar-refractivity contribution is 5.96. The first-order chi connectivity index (χ1) is 12.1. The highest BCUT2D eigenvalue weighted by Crippen LogP contribution is 2.12. The molecule has 0 saturated carbocycles. The number of fused-ring (bicyclic) bond motifs is 1. The minimum absolute atomic E-state index is 0.142. The third kappa shape index (κ3) is 3.55. The van der Waals surface area contributed by atoms with Crippen molar-refractivity contribution in [2.24, 2.45) is 0 Å². The first-order valence-electron chi connectivity index (χ1n) is 7.65. The number of pyridine rings is 1. The maximum atomic E-state index is 12.8. The van der Waals surface area contributed by atoms with E-state index >= 15 is 0 Å². The molecule has 0 aliphatic rings. The summed E-state index contributed by atoms with van der Waals surface area (Å²) in [5.41, 5.74) is 0.167. The number of carbonyl (C=O) groups is 1. The van der Waals surface area contributed by atoms with Crippen LogP contribution < -0.4 is 11.2 Å². The van der Waals surface area contributed by atoms with Gasteiger partial charge in [0.15, 0.2) is 0 Å². The molecule has 1 amide bonds. The molecule has 126 valence electrons. The van der Waals surface area contributed by atoms with Gasteiger partial charge >= 0.3 is 5.69 Å². The van der Waals surface area contributed by atoms with E-state index in [9.17, 15) is 14.4 Å². The summed E-state index contributed by atoms with van der Waals surface area (Å²) in [7, 11) is 0. The second-order valence-corrected chi connectivity index (χ2v) is 5.49. The molecule has 0 spiro atoms. The maximum absolute atomic E-state index is 12.8. The summed E-state index contributed by atoms with van der Waals surface area (Å²) >= 11 is 0. The number of hydrogen-bond donors (Lipinski definition) is 2. The van der Waals surface area contributed by atoms with Gasteiger partial charge in [-0.2, -0.15) is 0 Å². The normalized spacial score (nSPS) is 10.6. The average molecular weight is 336 g/mol. The van der Waals surface area contributed by atoms with E-state index in [2.05, 4.69) is 21.5 Å². The number of H-pyrrole nitrogens is 2. The van der Waals surface area contributed by atoms with Gasteiger partial charge in [0.1, 0.15) is 5.65 Å². The Morgan fingerprint density at radius 1 is 1.20 bits per heavy atom. The van der Waals surface area contributed by atoms with E-state index in [1.165, 1.54) is 12.3 Å². The van der Waals surface area contributed by atoms with Crippen molar-refractivity contribution in [3.05, 3.63) is 87.2 Å². The van der Waals surface area contributed by atoms with Gasteiger partial charge in [-0.15, -0.1) is 6.58 Å². The van der Waals surface area contributed by atoms with Crippen LogP contribution in [0.5, 0.6) is 0 Å². The Labute approximate surface area is 142 Å². The summed E-state index contributed by atoms with van der Waals surface area (Å²) in [6.45, 7) is 4.45. The van der Waals surface area contributed by atoms with Crippen LogP contribution in [0.4, 0.5) is 0 Å². The van der Waals surface area contributed by atoms with E-state index in [1.54, 1.807) is 11.0 Å². The molecule has 0 saturated heterocycles. The second kappa shape index (κ2) is 6.96. The van der Waals surface area contributed by atoms with Crippen molar-refractivity contribution < 1.29 is 4.79 Å². The minimum atomic E-state index is -0.638. The molecular weight excluding hydrogens is 320 g/mol. The Kier molecular flexibility index (Phi) is 4.56. The van der Waals surface area contributed by atoms with Gasteiger partial charge in [-0.25, -0.2) is 9.78 Å². The number of hydrogen-bond acceptors (Lipinski definition) is 4. The average Bonchev–Trinajstić information content (AvgIpc) is 2.61. The fraction of sp³-hybridized carbons (Fsp3) is 0.111. The molecule has 7 nitrogen and oxygen atoms in total. The lowest BCUT2D eigenvalue weighted by atomic mass is 10.1. The van der Waals surface area contributed by atoms with Crippen molar-refractivity contribution in [2.45, 2.75) is 6.54 Å². The molecule has 3 aromatic rings. The summed E-state index contributed by atoms with van der Waals surface area (Å²) in [5, 5.41) is 0.156. The Morgan fingerprint density at radius 3 is 2.68 bits per heavy atom. The monoisotopic (exact) mass is 336 g/mol. The molecule has 0 aliphatic heterocycles.